The van der Waals surface area contributed by atoms with Gasteiger partial charge in [-0.1, -0.05) is 15.9 Å². The van der Waals surface area contributed by atoms with Gasteiger partial charge in [0.05, 0.1) is 24.3 Å². The van der Waals surface area contributed by atoms with Crippen LogP contribution >= 0.6 is 15.9 Å². The number of carboxylic acids is 1. The molecule has 1 aromatic carbocycles. The molecule has 1 amide bonds. The number of hydrogen-bond donors (Lipinski definition) is 2. The van der Waals surface area contributed by atoms with E-state index in [0.29, 0.717) is 6.54 Å². The molecular formula is C11H11BrN2O3. The van der Waals surface area contributed by atoms with Crippen LogP contribution in [0.4, 0.5) is 11.4 Å². The molecule has 17 heavy (non-hydrogen) atoms. The van der Waals surface area contributed by atoms with E-state index in [0.717, 1.165) is 15.8 Å². The number of carbonyl (C=O) groups excluding carboxylic acids is 1. The first-order valence-electron chi connectivity index (χ1n) is 5.12. The van der Waals surface area contributed by atoms with Gasteiger partial charge in [0.15, 0.2) is 0 Å². The lowest BCUT2D eigenvalue weighted by atomic mass is 10.2. The predicted octanol–water partition coefficient (Wildman–Crippen LogP) is 1.68. The van der Waals surface area contributed by atoms with Gasteiger partial charge in [-0.3, -0.25) is 9.59 Å². The first-order valence-corrected chi connectivity index (χ1v) is 5.92. The summed E-state index contributed by atoms with van der Waals surface area (Å²) < 4.78 is 0.896. The third kappa shape index (κ3) is 2.76. The van der Waals surface area contributed by atoms with Crippen LogP contribution in [0.25, 0.3) is 0 Å². The van der Waals surface area contributed by atoms with Crippen molar-refractivity contribution in [3.8, 4) is 0 Å². The third-order valence-corrected chi connectivity index (χ3v) is 3.00. The van der Waals surface area contributed by atoms with Crippen molar-refractivity contribution in [1.82, 2.24) is 0 Å². The van der Waals surface area contributed by atoms with Crippen molar-refractivity contribution in [3.05, 3.63) is 22.7 Å². The van der Waals surface area contributed by atoms with Gasteiger partial charge in [-0.25, -0.2) is 0 Å². The normalized spacial score (nSPS) is 14.2. The first kappa shape index (κ1) is 11.9. The molecule has 1 aliphatic rings. The lowest BCUT2D eigenvalue weighted by molar-refractivity contribution is -0.136. The summed E-state index contributed by atoms with van der Waals surface area (Å²) in [6, 6.07) is 5.50. The van der Waals surface area contributed by atoms with E-state index in [1.807, 2.05) is 12.1 Å². The van der Waals surface area contributed by atoms with Crippen LogP contribution in [0.3, 0.4) is 0 Å². The Balaban J connectivity index is 2.26. The molecule has 0 saturated heterocycles. The fourth-order valence-electron chi connectivity index (χ4n) is 1.75. The zero-order valence-electron chi connectivity index (χ0n) is 8.94. The number of halogens is 1. The molecule has 0 saturated carbocycles. The molecule has 6 heteroatoms. The minimum atomic E-state index is -0.868. The SMILES string of the molecule is O=C(O)CCN1CC(=O)Nc2ccc(Br)cc21. The van der Waals surface area contributed by atoms with Crippen LogP contribution in [0.5, 0.6) is 0 Å². The number of aliphatic carboxylic acids is 1. The smallest absolute Gasteiger partial charge is 0.305 e. The van der Waals surface area contributed by atoms with Crippen LogP contribution in [0.1, 0.15) is 6.42 Å². The fourth-order valence-corrected chi connectivity index (χ4v) is 2.10. The topological polar surface area (TPSA) is 69.6 Å². The Hall–Kier alpha value is -1.56. The Bertz CT molecular complexity index is 476. The Morgan fingerprint density at radius 2 is 2.29 bits per heavy atom. The number of fused-ring (bicyclic) bond motifs is 1. The lowest BCUT2D eigenvalue weighted by Gasteiger charge is -2.30. The molecule has 0 atom stereocenters. The summed E-state index contributed by atoms with van der Waals surface area (Å²) in [4.78, 5) is 23.8. The molecule has 90 valence electrons. The minimum absolute atomic E-state index is 0.0131. The Kier molecular flexibility index (Phi) is 3.33. The average molecular weight is 299 g/mol. The summed E-state index contributed by atoms with van der Waals surface area (Å²) >= 11 is 3.36. The van der Waals surface area contributed by atoms with E-state index in [9.17, 15) is 9.59 Å². The van der Waals surface area contributed by atoms with Gasteiger partial charge in [0.1, 0.15) is 0 Å². The minimum Gasteiger partial charge on any atom is -0.481 e. The number of amides is 1. The Morgan fingerprint density at radius 1 is 1.53 bits per heavy atom. The summed E-state index contributed by atoms with van der Waals surface area (Å²) in [6.07, 6.45) is 0.0131. The van der Waals surface area contributed by atoms with E-state index in [-0.39, 0.29) is 18.9 Å². The van der Waals surface area contributed by atoms with E-state index in [2.05, 4.69) is 21.2 Å². The molecule has 1 aliphatic heterocycles. The van der Waals surface area contributed by atoms with Crippen molar-refractivity contribution in [2.24, 2.45) is 0 Å². The lowest BCUT2D eigenvalue weighted by Crippen LogP contribution is -2.39. The van der Waals surface area contributed by atoms with Gasteiger partial charge in [0.25, 0.3) is 0 Å². The van der Waals surface area contributed by atoms with Crippen molar-refractivity contribution in [1.29, 1.82) is 0 Å². The summed E-state index contributed by atoms with van der Waals surface area (Å²) in [5.41, 5.74) is 1.56. The maximum atomic E-state index is 11.5. The Morgan fingerprint density at radius 3 is 3.00 bits per heavy atom. The molecule has 0 fully saturated rings. The molecule has 0 unspecified atom stereocenters. The average Bonchev–Trinajstić information content (AvgIpc) is 2.26. The second kappa shape index (κ2) is 4.75. The van der Waals surface area contributed by atoms with Gasteiger partial charge in [-0.05, 0) is 18.2 Å². The molecule has 2 rings (SSSR count). The standard InChI is InChI=1S/C11H11BrN2O3/c12-7-1-2-8-9(5-7)14(4-3-11(16)17)6-10(15)13-8/h1-2,5H,3-4,6H2,(H,13,15)(H,16,17). The van der Waals surface area contributed by atoms with Crippen molar-refractivity contribution in [2.75, 3.05) is 23.3 Å². The largest absolute Gasteiger partial charge is 0.481 e. The summed E-state index contributed by atoms with van der Waals surface area (Å²) in [5.74, 6) is -0.988. The maximum absolute atomic E-state index is 11.5. The molecule has 0 spiro atoms. The monoisotopic (exact) mass is 298 g/mol. The highest BCUT2D eigenvalue weighted by Crippen LogP contribution is 2.32. The van der Waals surface area contributed by atoms with Gasteiger partial charge in [0, 0.05) is 11.0 Å². The van der Waals surface area contributed by atoms with Gasteiger partial charge < -0.3 is 15.3 Å². The third-order valence-electron chi connectivity index (χ3n) is 2.50. The van der Waals surface area contributed by atoms with E-state index < -0.39 is 5.97 Å². The zero-order chi connectivity index (χ0) is 12.4. The van der Waals surface area contributed by atoms with Gasteiger partial charge in [-0.2, -0.15) is 0 Å². The fraction of sp³-hybridized carbons (Fsp3) is 0.273. The van der Waals surface area contributed by atoms with E-state index >= 15 is 0 Å². The number of nitrogens with one attached hydrogen (secondary N) is 1. The zero-order valence-corrected chi connectivity index (χ0v) is 10.5. The number of rotatable bonds is 3. The summed E-state index contributed by atoms with van der Waals surface area (Å²) in [7, 11) is 0. The number of anilines is 2. The van der Waals surface area contributed by atoms with Crippen LogP contribution in [-0.4, -0.2) is 30.1 Å². The van der Waals surface area contributed by atoms with Crippen molar-refractivity contribution in [3.63, 3.8) is 0 Å². The number of carboxylic acid groups (broad SMARTS) is 1. The molecule has 1 aromatic rings. The van der Waals surface area contributed by atoms with Gasteiger partial charge in [-0.15, -0.1) is 0 Å². The highest BCUT2D eigenvalue weighted by atomic mass is 79.9. The van der Waals surface area contributed by atoms with E-state index in [4.69, 9.17) is 5.11 Å². The molecule has 5 nitrogen and oxygen atoms in total. The number of carbonyl (C=O) groups is 2. The predicted molar refractivity (Wildman–Crippen MR) is 67.2 cm³/mol. The highest BCUT2D eigenvalue weighted by molar-refractivity contribution is 9.10. The Labute approximate surface area is 107 Å². The van der Waals surface area contributed by atoms with Crippen molar-refractivity contribution >= 4 is 39.2 Å². The number of hydrogen-bond acceptors (Lipinski definition) is 3. The van der Waals surface area contributed by atoms with Crippen molar-refractivity contribution < 1.29 is 14.7 Å². The van der Waals surface area contributed by atoms with E-state index in [1.54, 1.807) is 11.0 Å². The molecule has 0 radical (unpaired) electrons. The molecule has 2 N–H and O–H groups in total. The quantitative estimate of drug-likeness (QED) is 0.891. The van der Waals surface area contributed by atoms with Crippen LogP contribution in [0.2, 0.25) is 0 Å². The summed E-state index contributed by atoms with van der Waals surface area (Å²) in [6.45, 7) is 0.517. The van der Waals surface area contributed by atoms with Crippen LogP contribution < -0.4 is 10.2 Å². The second-order valence-electron chi connectivity index (χ2n) is 3.77. The maximum Gasteiger partial charge on any atom is 0.305 e. The highest BCUT2D eigenvalue weighted by Gasteiger charge is 2.22. The van der Waals surface area contributed by atoms with E-state index in [1.165, 1.54) is 0 Å². The molecular weight excluding hydrogens is 288 g/mol. The molecule has 0 aromatic heterocycles. The first-order chi connectivity index (χ1) is 8.06. The van der Waals surface area contributed by atoms with Gasteiger partial charge >= 0.3 is 5.97 Å². The van der Waals surface area contributed by atoms with Crippen molar-refractivity contribution in [2.45, 2.75) is 6.42 Å². The number of nitrogens with zero attached hydrogens (tertiary/aromatic N) is 1. The molecule has 1 heterocycles. The second-order valence-corrected chi connectivity index (χ2v) is 4.69. The molecule has 0 bridgehead atoms. The van der Waals surface area contributed by atoms with Gasteiger partial charge in [0.2, 0.25) is 5.91 Å². The summed E-state index contributed by atoms with van der Waals surface area (Å²) in [5, 5.41) is 11.4. The van der Waals surface area contributed by atoms with Crippen LogP contribution in [0.15, 0.2) is 22.7 Å². The van der Waals surface area contributed by atoms with Crippen LogP contribution in [0, 0.1) is 0 Å². The molecule has 0 aliphatic carbocycles. The number of benzene rings is 1. The van der Waals surface area contributed by atoms with Crippen LogP contribution in [-0.2, 0) is 9.59 Å².